The second-order valence-electron chi connectivity index (χ2n) is 5.97. The SMILES string of the molecule is CCC1CCN(CCc2ccc(F)cc2)CCC(C)N1. The highest BCUT2D eigenvalue weighted by Crippen LogP contribution is 2.11. The number of nitrogens with zero attached hydrogens (tertiary/aromatic N) is 1. The molecule has 1 fully saturated rings. The Hall–Kier alpha value is -0.930. The summed E-state index contributed by atoms with van der Waals surface area (Å²) in [7, 11) is 0. The van der Waals surface area contributed by atoms with Gasteiger partial charge in [-0.15, -0.1) is 0 Å². The Bertz CT molecular complexity index is 390. The van der Waals surface area contributed by atoms with Gasteiger partial charge >= 0.3 is 0 Å². The van der Waals surface area contributed by atoms with Gasteiger partial charge < -0.3 is 10.2 Å². The van der Waals surface area contributed by atoms with Crippen molar-refractivity contribution >= 4 is 0 Å². The summed E-state index contributed by atoms with van der Waals surface area (Å²) in [6, 6.07) is 8.17. The molecule has 1 aromatic carbocycles. The van der Waals surface area contributed by atoms with E-state index in [4.69, 9.17) is 0 Å². The van der Waals surface area contributed by atoms with Crippen molar-refractivity contribution < 1.29 is 4.39 Å². The van der Waals surface area contributed by atoms with Gasteiger partial charge in [-0.05, 0) is 63.4 Å². The smallest absolute Gasteiger partial charge is 0.123 e. The van der Waals surface area contributed by atoms with E-state index in [0.717, 1.165) is 19.5 Å². The van der Waals surface area contributed by atoms with Crippen molar-refractivity contribution in [2.45, 2.75) is 51.6 Å². The van der Waals surface area contributed by atoms with Crippen LogP contribution in [0.25, 0.3) is 0 Å². The molecule has 3 heteroatoms. The highest BCUT2D eigenvalue weighted by molar-refractivity contribution is 5.16. The monoisotopic (exact) mass is 278 g/mol. The Labute approximate surface area is 122 Å². The molecule has 1 heterocycles. The summed E-state index contributed by atoms with van der Waals surface area (Å²) in [5.74, 6) is -0.148. The van der Waals surface area contributed by atoms with Crippen LogP contribution in [-0.2, 0) is 6.42 Å². The molecule has 2 nitrogen and oxygen atoms in total. The number of hydrogen-bond donors (Lipinski definition) is 1. The lowest BCUT2D eigenvalue weighted by atomic mass is 10.0. The first-order valence-electron chi connectivity index (χ1n) is 7.90. The topological polar surface area (TPSA) is 15.3 Å². The van der Waals surface area contributed by atoms with Gasteiger partial charge in [0, 0.05) is 18.6 Å². The molecule has 1 aliphatic rings. The summed E-state index contributed by atoms with van der Waals surface area (Å²) < 4.78 is 12.9. The molecule has 1 aliphatic heterocycles. The fourth-order valence-corrected chi connectivity index (χ4v) is 2.88. The first-order chi connectivity index (χ1) is 9.67. The Morgan fingerprint density at radius 1 is 1.20 bits per heavy atom. The van der Waals surface area contributed by atoms with E-state index in [9.17, 15) is 4.39 Å². The second-order valence-corrected chi connectivity index (χ2v) is 5.97. The standard InChI is InChI=1S/C17H27FN2/c1-3-17-10-13-20(11-8-14(2)19-17)12-9-15-4-6-16(18)7-5-15/h4-7,14,17,19H,3,8-13H2,1-2H3. The van der Waals surface area contributed by atoms with E-state index in [0.29, 0.717) is 12.1 Å². The van der Waals surface area contributed by atoms with Crippen LogP contribution in [0.5, 0.6) is 0 Å². The van der Waals surface area contributed by atoms with Crippen LogP contribution in [0.15, 0.2) is 24.3 Å². The fraction of sp³-hybridized carbons (Fsp3) is 0.647. The summed E-state index contributed by atoms with van der Waals surface area (Å²) in [6.45, 7) is 7.95. The minimum Gasteiger partial charge on any atom is -0.311 e. The van der Waals surface area contributed by atoms with Crippen LogP contribution in [0.1, 0.15) is 38.7 Å². The van der Waals surface area contributed by atoms with Crippen LogP contribution in [0.2, 0.25) is 0 Å². The molecule has 0 amide bonds. The fourth-order valence-electron chi connectivity index (χ4n) is 2.88. The molecule has 0 aliphatic carbocycles. The number of nitrogens with one attached hydrogen (secondary N) is 1. The Morgan fingerprint density at radius 3 is 2.60 bits per heavy atom. The molecule has 0 bridgehead atoms. The Kier molecular flexibility index (Phi) is 5.99. The first kappa shape index (κ1) is 15.5. The molecule has 2 unspecified atom stereocenters. The zero-order chi connectivity index (χ0) is 14.4. The van der Waals surface area contributed by atoms with Crippen LogP contribution in [0.4, 0.5) is 4.39 Å². The molecular formula is C17H27FN2. The van der Waals surface area contributed by atoms with Gasteiger partial charge in [-0.25, -0.2) is 4.39 Å². The number of rotatable bonds is 4. The lowest BCUT2D eigenvalue weighted by Gasteiger charge is -2.32. The van der Waals surface area contributed by atoms with Crippen LogP contribution in [0, 0.1) is 5.82 Å². The number of benzene rings is 1. The van der Waals surface area contributed by atoms with Crippen molar-refractivity contribution in [1.29, 1.82) is 0 Å². The van der Waals surface area contributed by atoms with Crippen molar-refractivity contribution in [3.8, 4) is 0 Å². The van der Waals surface area contributed by atoms with Gasteiger partial charge in [0.25, 0.3) is 0 Å². The van der Waals surface area contributed by atoms with Crippen LogP contribution in [0.3, 0.4) is 0 Å². The largest absolute Gasteiger partial charge is 0.311 e. The summed E-state index contributed by atoms with van der Waals surface area (Å²) in [5, 5.41) is 3.70. The zero-order valence-electron chi connectivity index (χ0n) is 12.7. The van der Waals surface area contributed by atoms with Crippen molar-refractivity contribution in [3.05, 3.63) is 35.6 Å². The van der Waals surface area contributed by atoms with E-state index in [1.54, 1.807) is 12.1 Å². The molecule has 20 heavy (non-hydrogen) atoms. The third kappa shape index (κ3) is 4.88. The molecule has 0 spiro atoms. The van der Waals surface area contributed by atoms with E-state index in [-0.39, 0.29) is 5.82 Å². The van der Waals surface area contributed by atoms with E-state index in [2.05, 4.69) is 24.1 Å². The summed E-state index contributed by atoms with van der Waals surface area (Å²) in [5.41, 5.74) is 1.23. The van der Waals surface area contributed by atoms with Crippen molar-refractivity contribution in [2.24, 2.45) is 0 Å². The predicted octanol–water partition coefficient (Wildman–Crippen LogP) is 3.22. The molecule has 0 saturated carbocycles. The number of halogens is 1. The highest BCUT2D eigenvalue weighted by atomic mass is 19.1. The van der Waals surface area contributed by atoms with Gasteiger partial charge in [-0.2, -0.15) is 0 Å². The van der Waals surface area contributed by atoms with Crippen LogP contribution in [-0.4, -0.2) is 36.6 Å². The molecule has 1 saturated heterocycles. The second kappa shape index (κ2) is 7.75. The maximum Gasteiger partial charge on any atom is 0.123 e. The van der Waals surface area contributed by atoms with E-state index >= 15 is 0 Å². The zero-order valence-corrected chi connectivity index (χ0v) is 12.7. The maximum atomic E-state index is 12.9. The van der Waals surface area contributed by atoms with E-state index in [1.807, 2.05) is 12.1 Å². The van der Waals surface area contributed by atoms with Gasteiger partial charge in [-0.1, -0.05) is 19.1 Å². The quantitative estimate of drug-likeness (QED) is 0.909. The minimum atomic E-state index is -0.148. The van der Waals surface area contributed by atoms with Crippen molar-refractivity contribution in [1.82, 2.24) is 10.2 Å². The van der Waals surface area contributed by atoms with Crippen LogP contribution < -0.4 is 5.32 Å². The average molecular weight is 278 g/mol. The summed E-state index contributed by atoms with van der Waals surface area (Å²) in [4.78, 5) is 2.56. The lowest BCUT2D eigenvalue weighted by molar-refractivity contribution is 0.214. The normalized spacial score (nSPS) is 25.1. The third-order valence-corrected chi connectivity index (χ3v) is 4.32. The van der Waals surface area contributed by atoms with Crippen LogP contribution >= 0.6 is 0 Å². The van der Waals surface area contributed by atoms with Gasteiger partial charge in [0.15, 0.2) is 0 Å². The van der Waals surface area contributed by atoms with E-state index in [1.165, 1.54) is 31.4 Å². The molecular weight excluding hydrogens is 251 g/mol. The van der Waals surface area contributed by atoms with Gasteiger partial charge in [0.05, 0.1) is 0 Å². The molecule has 1 N–H and O–H groups in total. The van der Waals surface area contributed by atoms with Gasteiger partial charge in [-0.3, -0.25) is 0 Å². The maximum absolute atomic E-state index is 12.9. The summed E-state index contributed by atoms with van der Waals surface area (Å²) >= 11 is 0. The average Bonchev–Trinajstić information content (AvgIpc) is 2.44. The molecule has 2 atom stereocenters. The predicted molar refractivity (Wildman–Crippen MR) is 82.5 cm³/mol. The van der Waals surface area contributed by atoms with E-state index < -0.39 is 0 Å². The third-order valence-electron chi connectivity index (χ3n) is 4.32. The Morgan fingerprint density at radius 2 is 1.90 bits per heavy atom. The summed E-state index contributed by atoms with van der Waals surface area (Å²) in [6.07, 6.45) is 4.65. The molecule has 112 valence electrons. The molecule has 0 aromatic heterocycles. The molecule has 1 aromatic rings. The number of hydrogen-bond acceptors (Lipinski definition) is 2. The first-order valence-corrected chi connectivity index (χ1v) is 7.90. The molecule has 0 radical (unpaired) electrons. The minimum absolute atomic E-state index is 0.148. The van der Waals surface area contributed by atoms with Gasteiger partial charge in [0.2, 0.25) is 0 Å². The highest BCUT2D eigenvalue weighted by Gasteiger charge is 2.17. The lowest BCUT2D eigenvalue weighted by Crippen LogP contribution is -2.44. The van der Waals surface area contributed by atoms with Crippen molar-refractivity contribution in [2.75, 3.05) is 19.6 Å². The van der Waals surface area contributed by atoms with Crippen molar-refractivity contribution in [3.63, 3.8) is 0 Å². The molecule has 2 rings (SSSR count). The van der Waals surface area contributed by atoms with Gasteiger partial charge in [0.1, 0.15) is 5.82 Å². The Balaban J connectivity index is 1.83.